The average molecular weight is 348 g/mol. The van der Waals surface area contributed by atoms with Gasteiger partial charge in [-0.2, -0.15) is 0 Å². The monoisotopic (exact) mass is 347 g/mol. The third-order valence-electron chi connectivity index (χ3n) is 3.22. The summed E-state index contributed by atoms with van der Waals surface area (Å²) in [6.07, 6.45) is 1.61. The smallest absolute Gasteiger partial charge is 0.234 e. The fraction of sp³-hybridized carbons (Fsp3) is 0.133. The van der Waals surface area contributed by atoms with E-state index in [1.807, 2.05) is 19.1 Å². The number of hydrogen-bond donors (Lipinski definition) is 3. The molecule has 0 aliphatic heterocycles. The highest BCUT2D eigenvalue weighted by Crippen LogP contribution is 2.21. The molecule has 0 atom stereocenters. The molecule has 0 saturated heterocycles. The molecule has 0 aliphatic rings. The number of amides is 1. The number of carbonyl (C=O) groups excluding carboxylic acids is 1. The van der Waals surface area contributed by atoms with E-state index in [9.17, 15) is 4.79 Å². The number of aromatic nitrogens is 3. The first-order valence-electron chi connectivity index (χ1n) is 6.81. The van der Waals surface area contributed by atoms with Crippen molar-refractivity contribution in [2.45, 2.75) is 12.1 Å². The maximum Gasteiger partial charge on any atom is 0.234 e. The van der Waals surface area contributed by atoms with Crippen molar-refractivity contribution in [3.63, 3.8) is 0 Å². The van der Waals surface area contributed by atoms with Gasteiger partial charge in [0.15, 0.2) is 5.16 Å². The summed E-state index contributed by atoms with van der Waals surface area (Å²) in [4.78, 5) is 23.4. The molecule has 3 aromatic rings. The number of carbonyl (C=O) groups is 1. The van der Waals surface area contributed by atoms with E-state index < -0.39 is 0 Å². The van der Waals surface area contributed by atoms with Crippen molar-refractivity contribution >= 4 is 51.7 Å². The van der Waals surface area contributed by atoms with Crippen LogP contribution >= 0.6 is 23.4 Å². The summed E-state index contributed by atoms with van der Waals surface area (Å²) >= 11 is 7.13. The zero-order chi connectivity index (χ0) is 16.4. The Balaban J connectivity index is 1.62. The van der Waals surface area contributed by atoms with Gasteiger partial charge in [0.1, 0.15) is 5.15 Å². The van der Waals surface area contributed by atoms with Gasteiger partial charge in [-0.3, -0.25) is 4.79 Å². The molecule has 118 valence electrons. The van der Waals surface area contributed by atoms with E-state index in [4.69, 9.17) is 17.3 Å². The van der Waals surface area contributed by atoms with Crippen LogP contribution in [0.5, 0.6) is 0 Å². The maximum absolute atomic E-state index is 12.0. The number of nitrogens with one attached hydrogen (secondary N) is 2. The molecule has 0 unspecified atom stereocenters. The van der Waals surface area contributed by atoms with Crippen LogP contribution in [0.4, 0.5) is 11.4 Å². The molecule has 4 N–H and O–H groups in total. The first kappa shape index (κ1) is 15.6. The number of nitrogens with two attached hydrogens (primary N) is 1. The molecule has 0 fully saturated rings. The van der Waals surface area contributed by atoms with Gasteiger partial charge in [0.2, 0.25) is 5.91 Å². The van der Waals surface area contributed by atoms with Crippen molar-refractivity contribution in [3.05, 3.63) is 41.2 Å². The molecular formula is C15H14ClN5OS. The molecular weight excluding hydrogens is 334 g/mol. The van der Waals surface area contributed by atoms with Crippen LogP contribution in [0.25, 0.3) is 11.0 Å². The fourth-order valence-electron chi connectivity index (χ4n) is 1.98. The van der Waals surface area contributed by atoms with Crippen LogP contribution in [0.1, 0.15) is 5.56 Å². The maximum atomic E-state index is 12.0. The Kier molecular flexibility index (Phi) is 4.40. The number of halogens is 1. The second kappa shape index (κ2) is 6.47. The number of pyridine rings is 1. The number of hydrogen-bond acceptors (Lipinski definition) is 5. The van der Waals surface area contributed by atoms with E-state index in [2.05, 4.69) is 20.3 Å². The van der Waals surface area contributed by atoms with E-state index in [1.54, 1.807) is 18.3 Å². The Bertz CT molecular complexity index is 879. The molecule has 8 heteroatoms. The SMILES string of the molecule is Cc1ccc(NC(=O)CSc2nc3cc(Cl)ncc3[nH]2)cc1N. The second-order valence-corrected chi connectivity index (χ2v) is 6.33. The van der Waals surface area contributed by atoms with E-state index in [1.165, 1.54) is 11.8 Å². The number of aromatic amines is 1. The lowest BCUT2D eigenvalue weighted by molar-refractivity contribution is -0.113. The summed E-state index contributed by atoms with van der Waals surface area (Å²) in [5, 5.41) is 3.83. The molecule has 0 saturated carbocycles. The van der Waals surface area contributed by atoms with Gasteiger partial charge < -0.3 is 16.0 Å². The highest BCUT2D eigenvalue weighted by atomic mass is 35.5. The van der Waals surface area contributed by atoms with Crippen LogP contribution in [-0.2, 0) is 4.79 Å². The highest BCUT2D eigenvalue weighted by molar-refractivity contribution is 7.99. The van der Waals surface area contributed by atoms with Gasteiger partial charge >= 0.3 is 0 Å². The molecule has 1 amide bonds. The van der Waals surface area contributed by atoms with Crippen molar-refractivity contribution in [1.29, 1.82) is 0 Å². The van der Waals surface area contributed by atoms with Crippen molar-refractivity contribution in [1.82, 2.24) is 15.0 Å². The first-order valence-corrected chi connectivity index (χ1v) is 8.17. The lowest BCUT2D eigenvalue weighted by Crippen LogP contribution is -2.14. The number of fused-ring (bicyclic) bond motifs is 1. The topological polar surface area (TPSA) is 96.7 Å². The number of benzene rings is 1. The number of nitrogen functional groups attached to an aromatic ring is 1. The molecule has 2 aromatic heterocycles. The van der Waals surface area contributed by atoms with Crippen LogP contribution in [-0.4, -0.2) is 26.6 Å². The third-order valence-corrected chi connectivity index (χ3v) is 4.30. The molecule has 0 radical (unpaired) electrons. The van der Waals surface area contributed by atoms with Gasteiger partial charge in [0.05, 0.1) is 23.0 Å². The Morgan fingerprint density at radius 3 is 3.04 bits per heavy atom. The van der Waals surface area contributed by atoms with Gasteiger partial charge in [-0.25, -0.2) is 9.97 Å². The van der Waals surface area contributed by atoms with E-state index in [0.717, 1.165) is 16.6 Å². The summed E-state index contributed by atoms with van der Waals surface area (Å²) < 4.78 is 0. The molecule has 23 heavy (non-hydrogen) atoms. The molecule has 3 rings (SSSR count). The summed E-state index contributed by atoms with van der Waals surface area (Å²) in [5.74, 6) is 0.101. The summed E-state index contributed by atoms with van der Waals surface area (Å²) in [7, 11) is 0. The number of anilines is 2. The van der Waals surface area contributed by atoms with Gasteiger partial charge in [-0.05, 0) is 24.6 Å². The van der Waals surface area contributed by atoms with Gasteiger partial charge in [-0.15, -0.1) is 0 Å². The predicted molar refractivity (Wildman–Crippen MR) is 93.8 cm³/mol. The largest absolute Gasteiger partial charge is 0.398 e. The molecule has 0 bridgehead atoms. The standard InChI is InChI=1S/C15H14ClN5OS/c1-8-2-3-9(4-10(8)17)19-14(22)7-23-15-20-11-5-13(16)18-6-12(11)21-15/h2-6H,7,17H2,1H3,(H,19,22)(H,20,21). The summed E-state index contributed by atoms with van der Waals surface area (Å²) in [5.41, 5.74) is 9.64. The van der Waals surface area contributed by atoms with E-state index in [0.29, 0.717) is 21.7 Å². The average Bonchev–Trinajstić information content (AvgIpc) is 2.91. The van der Waals surface area contributed by atoms with Crippen LogP contribution in [0.2, 0.25) is 5.15 Å². The zero-order valence-corrected chi connectivity index (χ0v) is 13.8. The Morgan fingerprint density at radius 2 is 2.26 bits per heavy atom. The number of imidazole rings is 1. The minimum Gasteiger partial charge on any atom is -0.398 e. The lowest BCUT2D eigenvalue weighted by Gasteiger charge is -2.06. The van der Waals surface area contributed by atoms with Crippen molar-refractivity contribution in [3.8, 4) is 0 Å². The number of aryl methyl sites for hydroxylation is 1. The molecule has 1 aromatic carbocycles. The van der Waals surface area contributed by atoms with Crippen LogP contribution in [0.15, 0.2) is 35.6 Å². The Labute approximate surface area is 141 Å². The molecule has 0 spiro atoms. The molecule has 0 aliphatic carbocycles. The van der Waals surface area contributed by atoms with Crippen molar-refractivity contribution in [2.24, 2.45) is 0 Å². The van der Waals surface area contributed by atoms with Crippen LogP contribution in [0, 0.1) is 6.92 Å². The second-order valence-electron chi connectivity index (χ2n) is 4.97. The van der Waals surface area contributed by atoms with Gasteiger partial charge in [-0.1, -0.05) is 29.4 Å². The quantitative estimate of drug-likeness (QED) is 0.382. The van der Waals surface area contributed by atoms with Crippen molar-refractivity contribution in [2.75, 3.05) is 16.8 Å². The zero-order valence-electron chi connectivity index (χ0n) is 12.3. The number of nitrogens with zero attached hydrogens (tertiary/aromatic N) is 2. The van der Waals surface area contributed by atoms with Crippen molar-refractivity contribution < 1.29 is 4.79 Å². The number of rotatable bonds is 4. The van der Waals surface area contributed by atoms with E-state index >= 15 is 0 Å². The van der Waals surface area contributed by atoms with Gasteiger partial charge in [0.25, 0.3) is 0 Å². The number of thioether (sulfide) groups is 1. The Morgan fingerprint density at radius 1 is 1.43 bits per heavy atom. The van der Waals surface area contributed by atoms with Crippen LogP contribution < -0.4 is 11.1 Å². The fourth-order valence-corrected chi connectivity index (χ4v) is 2.82. The third kappa shape index (κ3) is 3.75. The predicted octanol–water partition coefficient (Wildman–Crippen LogP) is 3.23. The molecule has 2 heterocycles. The highest BCUT2D eigenvalue weighted by Gasteiger charge is 2.08. The summed E-state index contributed by atoms with van der Waals surface area (Å²) in [6, 6.07) is 7.11. The minimum absolute atomic E-state index is 0.130. The number of H-pyrrole nitrogens is 1. The summed E-state index contributed by atoms with van der Waals surface area (Å²) in [6.45, 7) is 1.92. The molecule has 6 nitrogen and oxygen atoms in total. The normalized spacial score (nSPS) is 10.9. The van der Waals surface area contributed by atoms with E-state index in [-0.39, 0.29) is 11.7 Å². The first-order chi connectivity index (χ1) is 11.0. The Hall–Kier alpha value is -2.25. The van der Waals surface area contributed by atoms with Crippen LogP contribution in [0.3, 0.4) is 0 Å². The minimum atomic E-state index is -0.130. The lowest BCUT2D eigenvalue weighted by atomic mass is 10.2. The van der Waals surface area contributed by atoms with Gasteiger partial charge in [0, 0.05) is 17.4 Å².